The normalized spacial score (nSPS) is 14.6. The van der Waals surface area contributed by atoms with Crippen LogP contribution in [0.1, 0.15) is 23.6 Å². The number of rotatable bonds is 4. The van der Waals surface area contributed by atoms with Gasteiger partial charge in [-0.1, -0.05) is 36.4 Å². The molecule has 1 aliphatic rings. The molecule has 0 fully saturated rings. The van der Waals surface area contributed by atoms with Crippen LogP contribution in [0.15, 0.2) is 48.5 Å². The SMILES string of the molecule is C[C@H](NC(=O)Cc1ccc(F)cc1)C(=O)N1CCc2ccccc2C1. The van der Waals surface area contributed by atoms with Crippen LogP contribution in [0.2, 0.25) is 0 Å². The van der Waals surface area contributed by atoms with Crippen LogP contribution in [0, 0.1) is 5.82 Å². The van der Waals surface area contributed by atoms with Crippen LogP contribution in [0.5, 0.6) is 0 Å². The van der Waals surface area contributed by atoms with Crippen molar-refractivity contribution in [1.29, 1.82) is 0 Å². The summed E-state index contributed by atoms with van der Waals surface area (Å²) >= 11 is 0. The third-order valence-corrected chi connectivity index (χ3v) is 4.47. The van der Waals surface area contributed by atoms with Crippen LogP contribution in [-0.2, 0) is 29.0 Å². The molecule has 1 aliphatic heterocycles. The highest BCUT2D eigenvalue weighted by molar-refractivity contribution is 5.88. The fourth-order valence-corrected chi connectivity index (χ4v) is 3.10. The number of nitrogens with one attached hydrogen (secondary N) is 1. The second-order valence-corrected chi connectivity index (χ2v) is 6.37. The van der Waals surface area contributed by atoms with Gasteiger partial charge in [-0.25, -0.2) is 4.39 Å². The Morgan fingerprint density at radius 2 is 1.80 bits per heavy atom. The highest BCUT2D eigenvalue weighted by Crippen LogP contribution is 2.19. The molecule has 0 spiro atoms. The first-order valence-corrected chi connectivity index (χ1v) is 8.42. The summed E-state index contributed by atoms with van der Waals surface area (Å²) in [6, 6.07) is 13.3. The zero-order valence-corrected chi connectivity index (χ0v) is 14.2. The lowest BCUT2D eigenvalue weighted by Crippen LogP contribution is -2.48. The molecule has 1 N–H and O–H groups in total. The molecule has 25 heavy (non-hydrogen) atoms. The van der Waals surface area contributed by atoms with Crippen molar-refractivity contribution in [2.45, 2.75) is 32.4 Å². The van der Waals surface area contributed by atoms with Gasteiger partial charge in [0.05, 0.1) is 6.42 Å². The maximum Gasteiger partial charge on any atom is 0.245 e. The largest absolute Gasteiger partial charge is 0.344 e. The maximum atomic E-state index is 12.9. The summed E-state index contributed by atoms with van der Waals surface area (Å²) < 4.78 is 12.9. The number of halogens is 1. The van der Waals surface area contributed by atoms with E-state index in [-0.39, 0.29) is 24.1 Å². The van der Waals surface area contributed by atoms with E-state index in [2.05, 4.69) is 11.4 Å². The number of amides is 2. The average molecular weight is 340 g/mol. The van der Waals surface area contributed by atoms with Crippen molar-refractivity contribution in [3.05, 3.63) is 71.0 Å². The molecule has 5 heteroatoms. The number of carbonyl (C=O) groups is 2. The predicted octanol–water partition coefficient (Wildman–Crippen LogP) is 2.46. The molecule has 0 radical (unpaired) electrons. The second-order valence-electron chi connectivity index (χ2n) is 6.37. The van der Waals surface area contributed by atoms with Gasteiger partial charge in [-0.2, -0.15) is 0 Å². The number of benzene rings is 2. The predicted molar refractivity (Wildman–Crippen MR) is 93.3 cm³/mol. The molecule has 0 aromatic heterocycles. The van der Waals surface area contributed by atoms with Crippen molar-refractivity contribution in [2.24, 2.45) is 0 Å². The Morgan fingerprint density at radius 3 is 2.52 bits per heavy atom. The summed E-state index contributed by atoms with van der Waals surface area (Å²) in [5.74, 6) is -0.662. The van der Waals surface area contributed by atoms with E-state index >= 15 is 0 Å². The first-order chi connectivity index (χ1) is 12.0. The summed E-state index contributed by atoms with van der Waals surface area (Å²) in [6.45, 7) is 2.94. The average Bonchev–Trinajstić information content (AvgIpc) is 2.62. The van der Waals surface area contributed by atoms with Crippen molar-refractivity contribution in [1.82, 2.24) is 10.2 Å². The minimum absolute atomic E-state index is 0.0815. The van der Waals surface area contributed by atoms with Crippen molar-refractivity contribution in [3.63, 3.8) is 0 Å². The number of nitrogens with zero attached hydrogens (tertiary/aromatic N) is 1. The fourth-order valence-electron chi connectivity index (χ4n) is 3.10. The summed E-state index contributed by atoms with van der Waals surface area (Å²) in [4.78, 5) is 26.5. The van der Waals surface area contributed by atoms with E-state index in [1.807, 2.05) is 18.2 Å². The van der Waals surface area contributed by atoms with Crippen LogP contribution >= 0.6 is 0 Å². The first-order valence-electron chi connectivity index (χ1n) is 8.42. The topological polar surface area (TPSA) is 49.4 Å². The van der Waals surface area contributed by atoms with E-state index in [9.17, 15) is 14.0 Å². The molecular formula is C20H21FN2O2. The summed E-state index contributed by atoms with van der Waals surface area (Å²) in [6.07, 6.45) is 0.957. The van der Waals surface area contributed by atoms with Gasteiger partial charge in [0.25, 0.3) is 0 Å². The summed E-state index contributed by atoms with van der Waals surface area (Å²) in [5, 5.41) is 2.74. The van der Waals surface area contributed by atoms with E-state index in [1.54, 1.807) is 24.0 Å². The van der Waals surface area contributed by atoms with Gasteiger partial charge < -0.3 is 10.2 Å². The van der Waals surface area contributed by atoms with Crippen molar-refractivity contribution in [2.75, 3.05) is 6.54 Å². The molecule has 0 saturated heterocycles. The molecule has 3 rings (SSSR count). The molecule has 2 amide bonds. The van der Waals surface area contributed by atoms with Gasteiger partial charge in [-0.3, -0.25) is 9.59 Å². The molecule has 0 saturated carbocycles. The molecule has 2 aromatic rings. The van der Waals surface area contributed by atoms with E-state index < -0.39 is 6.04 Å². The summed E-state index contributed by atoms with van der Waals surface area (Å²) in [5.41, 5.74) is 3.15. The highest BCUT2D eigenvalue weighted by Gasteiger charge is 2.25. The quantitative estimate of drug-likeness (QED) is 0.929. The number of hydrogen-bond acceptors (Lipinski definition) is 2. The Kier molecular flexibility index (Phi) is 5.12. The molecule has 0 aliphatic carbocycles. The van der Waals surface area contributed by atoms with Gasteiger partial charge in [-0.05, 0) is 42.2 Å². The highest BCUT2D eigenvalue weighted by atomic mass is 19.1. The standard InChI is InChI=1S/C20H21FN2O2/c1-14(22-19(24)12-15-6-8-18(21)9-7-15)20(25)23-11-10-16-4-2-3-5-17(16)13-23/h2-9,14H,10-13H2,1H3,(H,22,24)/t14-/m0/s1. The molecule has 0 bridgehead atoms. The lowest BCUT2D eigenvalue weighted by atomic mass is 9.99. The minimum Gasteiger partial charge on any atom is -0.344 e. The van der Waals surface area contributed by atoms with Crippen molar-refractivity contribution in [3.8, 4) is 0 Å². The first kappa shape index (κ1) is 17.1. The minimum atomic E-state index is -0.585. The molecular weight excluding hydrogens is 319 g/mol. The Balaban J connectivity index is 1.56. The number of carbonyl (C=O) groups excluding carboxylic acids is 2. The van der Waals surface area contributed by atoms with Gasteiger partial charge in [0.15, 0.2) is 0 Å². The van der Waals surface area contributed by atoms with Crippen LogP contribution in [0.25, 0.3) is 0 Å². The van der Waals surface area contributed by atoms with E-state index in [1.165, 1.54) is 17.7 Å². The van der Waals surface area contributed by atoms with E-state index in [0.29, 0.717) is 18.7 Å². The van der Waals surface area contributed by atoms with E-state index in [0.717, 1.165) is 12.0 Å². The lowest BCUT2D eigenvalue weighted by molar-refractivity contribution is -0.136. The Hall–Kier alpha value is -2.69. The molecule has 130 valence electrons. The molecule has 1 heterocycles. The fraction of sp³-hybridized carbons (Fsp3) is 0.300. The zero-order valence-electron chi connectivity index (χ0n) is 14.2. The third kappa shape index (κ3) is 4.24. The molecule has 2 aromatic carbocycles. The van der Waals surface area contributed by atoms with Gasteiger partial charge in [0.1, 0.15) is 11.9 Å². The van der Waals surface area contributed by atoms with Crippen LogP contribution < -0.4 is 5.32 Å². The maximum absolute atomic E-state index is 12.9. The van der Waals surface area contributed by atoms with Gasteiger partial charge in [0, 0.05) is 13.1 Å². The molecule has 1 atom stereocenters. The van der Waals surface area contributed by atoms with Gasteiger partial charge >= 0.3 is 0 Å². The van der Waals surface area contributed by atoms with Gasteiger partial charge in [-0.15, -0.1) is 0 Å². The van der Waals surface area contributed by atoms with Crippen LogP contribution in [0.3, 0.4) is 0 Å². The van der Waals surface area contributed by atoms with Crippen molar-refractivity contribution < 1.29 is 14.0 Å². The van der Waals surface area contributed by atoms with Crippen molar-refractivity contribution >= 4 is 11.8 Å². The Morgan fingerprint density at radius 1 is 1.12 bits per heavy atom. The number of hydrogen-bond donors (Lipinski definition) is 1. The summed E-state index contributed by atoms with van der Waals surface area (Å²) in [7, 11) is 0. The zero-order chi connectivity index (χ0) is 17.8. The Bertz CT molecular complexity index is 774. The van der Waals surface area contributed by atoms with Crippen LogP contribution in [-0.4, -0.2) is 29.3 Å². The monoisotopic (exact) mass is 340 g/mol. The Labute approximate surface area is 146 Å². The molecule has 4 nitrogen and oxygen atoms in total. The smallest absolute Gasteiger partial charge is 0.245 e. The van der Waals surface area contributed by atoms with E-state index in [4.69, 9.17) is 0 Å². The third-order valence-electron chi connectivity index (χ3n) is 4.47. The number of fused-ring (bicyclic) bond motifs is 1. The molecule has 0 unspecified atom stereocenters. The second kappa shape index (κ2) is 7.47. The van der Waals surface area contributed by atoms with Crippen LogP contribution in [0.4, 0.5) is 4.39 Å². The lowest BCUT2D eigenvalue weighted by Gasteiger charge is -2.31. The van der Waals surface area contributed by atoms with Gasteiger partial charge in [0.2, 0.25) is 11.8 Å².